The molecule has 49 heavy (non-hydrogen) atoms. The largest absolute Gasteiger partial charge is 0.455 e. The van der Waals surface area contributed by atoms with E-state index in [0.29, 0.717) is 0 Å². The van der Waals surface area contributed by atoms with Gasteiger partial charge in [-0.1, -0.05) is 140 Å². The molecule has 0 atom stereocenters. The molecule has 0 saturated heterocycles. The van der Waals surface area contributed by atoms with Gasteiger partial charge in [-0.3, -0.25) is 0 Å². The minimum atomic E-state index is 0.917. The lowest BCUT2D eigenvalue weighted by atomic mass is 9.96. The summed E-state index contributed by atoms with van der Waals surface area (Å²) in [5.74, 6) is 0. The van der Waals surface area contributed by atoms with Gasteiger partial charge in [-0.05, 0) is 57.8 Å². The number of fused-ring (bicyclic) bond motifs is 7. The lowest BCUT2D eigenvalue weighted by Gasteiger charge is -2.10. The second-order valence-electron chi connectivity index (χ2n) is 12.6. The highest BCUT2D eigenvalue weighted by molar-refractivity contribution is 6.09. The Hall–Kier alpha value is -6.58. The number of aromatic nitrogens is 2. The summed E-state index contributed by atoms with van der Waals surface area (Å²) in [6.07, 6.45) is 0. The van der Waals surface area contributed by atoms with E-state index < -0.39 is 0 Å². The molecule has 10 rings (SSSR count). The van der Waals surface area contributed by atoms with Crippen molar-refractivity contribution in [1.29, 1.82) is 0 Å². The van der Waals surface area contributed by atoms with Gasteiger partial charge >= 0.3 is 0 Å². The first-order valence-corrected chi connectivity index (χ1v) is 16.6. The highest BCUT2D eigenvalue weighted by Crippen LogP contribution is 2.37. The highest BCUT2D eigenvalue weighted by Gasteiger charge is 2.13. The summed E-state index contributed by atoms with van der Waals surface area (Å²) >= 11 is 0. The van der Waals surface area contributed by atoms with E-state index in [-0.39, 0.29) is 0 Å². The normalized spacial score (nSPS) is 11.7. The van der Waals surface area contributed by atoms with Gasteiger partial charge in [0.05, 0.1) is 22.4 Å². The molecular weight excluding hydrogens is 597 g/mol. The van der Waals surface area contributed by atoms with Crippen LogP contribution in [0.2, 0.25) is 0 Å². The van der Waals surface area contributed by atoms with E-state index in [1.54, 1.807) is 0 Å². The third-order valence-corrected chi connectivity index (χ3v) is 9.66. The first-order valence-electron chi connectivity index (χ1n) is 16.6. The SMILES string of the molecule is c1ccc(-c2ccc3ccc4ccc(-c5ccc6cc(-c7ccc(-c8cccc9c8oc8ccccc89)cc7)ccc6c5)nc4c3n2)cc1. The van der Waals surface area contributed by atoms with Crippen molar-refractivity contribution in [3.05, 3.63) is 170 Å². The maximum Gasteiger partial charge on any atom is 0.143 e. The predicted octanol–water partition coefficient (Wildman–Crippen LogP) is 12.5. The zero-order chi connectivity index (χ0) is 32.3. The summed E-state index contributed by atoms with van der Waals surface area (Å²) in [4.78, 5) is 10.2. The molecule has 3 aromatic heterocycles. The Kier molecular flexibility index (Phi) is 6.18. The molecule has 0 aliphatic carbocycles. The number of furan rings is 1. The van der Waals surface area contributed by atoms with E-state index in [4.69, 9.17) is 14.4 Å². The first-order chi connectivity index (χ1) is 24.2. The zero-order valence-electron chi connectivity index (χ0n) is 26.5. The second kappa shape index (κ2) is 11.0. The summed E-state index contributed by atoms with van der Waals surface area (Å²) in [6, 6.07) is 59.7. The van der Waals surface area contributed by atoms with Gasteiger partial charge in [0.15, 0.2) is 0 Å². The van der Waals surface area contributed by atoms with Gasteiger partial charge < -0.3 is 4.42 Å². The molecule has 0 aliphatic rings. The van der Waals surface area contributed by atoms with Crippen molar-refractivity contribution in [2.75, 3.05) is 0 Å². The topological polar surface area (TPSA) is 38.9 Å². The van der Waals surface area contributed by atoms with Crippen molar-refractivity contribution < 1.29 is 4.42 Å². The quantitative estimate of drug-likeness (QED) is 0.183. The molecule has 228 valence electrons. The van der Waals surface area contributed by atoms with Crippen LogP contribution < -0.4 is 0 Å². The van der Waals surface area contributed by atoms with Gasteiger partial charge in [0.2, 0.25) is 0 Å². The van der Waals surface area contributed by atoms with Crippen molar-refractivity contribution in [1.82, 2.24) is 9.97 Å². The van der Waals surface area contributed by atoms with E-state index in [9.17, 15) is 0 Å². The van der Waals surface area contributed by atoms with E-state index >= 15 is 0 Å². The van der Waals surface area contributed by atoms with Crippen LogP contribution in [0, 0.1) is 0 Å². The third kappa shape index (κ3) is 4.67. The number of hydrogen-bond donors (Lipinski definition) is 0. The number of nitrogens with zero attached hydrogens (tertiary/aromatic N) is 2. The van der Waals surface area contributed by atoms with Crippen LogP contribution in [0.4, 0.5) is 0 Å². The Morgan fingerprint density at radius 3 is 1.65 bits per heavy atom. The zero-order valence-corrected chi connectivity index (χ0v) is 26.5. The van der Waals surface area contributed by atoms with Gasteiger partial charge in [0.1, 0.15) is 11.2 Å². The van der Waals surface area contributed by atoms with Crippen molar-refractivity contribution in [2.24, 2.45) is 0 Å². The second-order valence-corrected chi connectivity index (χ2v) is 12.6. The van der Waals surface area contributed by atoms with Crippen LogP contribution in [0.25, 0.3) is 99.3 Å². The van der Waals surface area contributed by atoms with Gasteiger partial charge in [0.25, 0.3) is 0 Å². The van der Waals surface area contributed by atoms with Crippen LogP contribution in [0.1, 0.15) is 0 Å². The lowest BCUT2D eigenvalue weighted by Crippen LogP contribution is -1.91. The van der Waals surface area contributed by atoms with Gasteiger partial charge in [0, 0.05) is 38.2 Å². The van der Waals surface area contributed by atoms with Crippen LogP contribution in [0.5, 0.6) is 0 Å². The summed E-state index contributed by atoms with van der Waals surface area (Å²) in [6.45, 7) is 0. The molecule has 0 fully saturated rings. The average molecular weight is 625 g/mol. The van der Waals surface area contributed by atoms with Crippen LogP contribution in [-0.4, -0.2) is 9.97 Å². The number of benzene rings is 7. The van der Waals surface area contributed by atoms with E-state index in [0.717, 1.165) is 77.4 Å². The Morgan fingerprint density at radius 1 is 0.347 bits per heavy atom. The fraction of sp³-hybridized carbons (Fsp3) is 0. The molecule has 0 amide bonds. The van der Waals surface area contributed by atoms with Crippen molar-refractivity contribution in [3.63, 3.8) is 0 Å². The summed E-state index contributed by atoms with van der Waals surface area (Å²) < 4.78 is 6.30. The molecule has 3 heteroatoms. The number of pyridine rings is 2. The average Bonchev–Trinajstić information content (AvgIpc) is 3.56. The molecule has 10 aromatic rings. The maximum atomic E-state index is 6.30. The third-order valence-electron chi connectivity index (χ3n) is 9.66. The number of para-hydroxylation sites is 2. The smallest absolute Gasteiger partial charge is 0.143 e. The minimum Gasteiger partial charge on any atom is -0.455 e. The van der Waals surface area contributed by atoms with Crippen LogP contribution >= 0.6 is 0 Å². The summed E-state index contributed by atoms with van der Waals surface area (Å²) in [5.41, 5.74) is 12.4. The van der Waals surface area contributed by atoms with Gasteiger partial charge in [-0.2, -0.15) is 0 Å². The van der Waals surface area contributed by atoms with Gasteiger partial charge in [-0.15, -0.1) is 0 Å². The summed E-state index contributed by atoms with van der Waals surface area (Å²) in [5, 5.41) is 6.83. The molecule has 0 aliphatic heterocycles. The Morgan fingerprint density at radius 2 is 0.898 bits per heavy atom. The molecule has 3 nitrogen and oxygen atoms in total. The maximum absolute atomic E-state index is 6.30. The standard InChI is InChI=1S/C46H28N2O/c1-2-7-31(8-3-1)41-25-23-32-17-18-33-24-26-42(48-45(33)44(32)47-41)37-22-21-35-27-34(19-20-36(35)28-37)29-13-15-30(16-14-29)38-10-6-11-40-39-9-4-5-12-43(39)49-46(38)40/h1-28H. The molecule has 0 spiro atoms. The summed E-state index contributed by atoms with van der Waals surface area (Å²) in [7, 11) is 0. The molecule has 0 bridgehead atoms. The molecule has 0 saturated carbocycles. The molecule has 0 radical (unpaired) electrons. The van der Waals surface area contributed by atoms with Gasteiger partial charge in [-0.25, -0.2) is 9.97 Å². The Labute approximate surface area is 282 Å². The van der Waals surface area contributed by atoms with Crippen LogP contribution in [-0.2, 0) is 0 Å². The Balaban J connectivity index is 0.981. The van der Waals surface area contributed by atoms with Crippen molar-refractivity contribution in [3.8, 4) is 44.8 Å². The van der Waals surface area contributed by atoms with Crippen LogP contribution in [0.3, 0.4) is 0 Å². The molecule has 0 N–H and O–H groups in total. The van der Waals surface area contributed by atoms with E-state index in [1.807, 2.05) is 30.3 Å². The minimum absolute atomic E-state index is 0.917. The fourth-order valence-corrected chi connectivity index (χ4v) is 7.10. The molecule has 0 unspecified atom stereocenters. The van der Waals surface area contributed by atoms with E-state index in [2.05, 4.69) is 140 Å². The molecule has 7 aromatic carbocycles. The number of rotatable bonds is 4. The van der Waals surface area contributed by atoms with Crippen LogP contribution in [0.15, 0.2) is 174 Å². The molecule has 3 heterocycles. The van der Waals surface area contributed by atoms with E-state index in [1.165, 1.54) is 21.9 Å². The first kappa shape index (κ1) is 27.5. The number of hydrogen-bond acceptors (Lipinski definition) is 3. The highest BCUT2D eigenvalue weighted by atomic mass is 16.3. The predicted molar refractivity (Wildman–Crippen MR) is 204 cm³/mol. The molecular formula is C46H28N2O. The van der Waals surface area contributed by atoms with Crippen molar-refractivity contribution >= 4 is 54.5 Å². The van der Waals surface area contributed by atoms with Crippen molar-refractivity contribution in [2.45, 2.75) is 0 Å². The monoisotopic (exact) mass is 624 g/mol. The lowest BCUT2D eigenvalue weighted by molar-refractivity contribution is 0.670. The fourth-order valence-electron chi connectivity index (χ4n) is 7.10. The Bertz CT molecular complexity index is 2870.